The summed E-state index contributed by atoms with van der Waals surface area (Å²) in [6, 6.07) is 0. The van der Waals surface area contributed by atoms with Crippen molar-refractivity contribution in [1.82, 2.24) is 0 Å². The molecule has 5 heteroatoms. The van der Waals surface area contributed by atoms with Crippen LogP contribution in [0.25, 0.3) is 0 Å². The smallest absolute Gasteiger partial charge is 0.185 e. The van der Waals surface area contributed by atoms with Crippen molar-refractivity contribution in [2.24, 2.45) is 17.3 Å². The van der Waals surface area contributed by atoms with E-state index in [-0.39, 0.29) is 22.6 Å². The minimum Gasteiger partial charge on any atom is -0.393 e. The molecule has 3 fully saturated rings. The third-order valence-electron chi connectivity index (χ3n) is 6.94. The number of aliphatic hydroxyl groups is 3. The molecule has 0 saturated heterocycles. The fourth-order valence-corrected chi connectivity index (χ4v) is 6.35. The van der Waals surface area contributed by atoms with Crippen molar-refractivity contribution in [3.63, 3.8) is 0 Å². The van der Waals surface area contributed by atoms with E-state index in [0.717, 1.165) is 31.3 Å². The van der Waals surface area contributed by atoms with Crippen LogP contribution in [0.3, 0.4) is 0 Å². The van der Waals surface area contributed by atoms with Gasteiger partial charge in [-0.3, -0.25) is 4.79 Å². The first-order valence-corrected chi connectivity index (χ1v) is 11.0. The molecule has 3 rings (SSSR count). The fraction of sp³-hybridized carbons (Fsp3) is 0.682. The lowest BCUT2D eigenvalue weighted by Gasteiger charge is -2.42. The predicted molar refractivity (Wildman–Crippen MR) is 109 cm³/mol. The summed E-state index contributed by atoms with van der Waals surface area (Å²) in [6.07, 6.45) is 7.41. The van der Waals surface area contributed by atoms with Gasteiger partial charge in [0.15, 0.2) is 5.12 Å². The van der Waals surface area contributed by atoms with E-state index < -0.39 is 12.2 Å². The number of carbonyl (C=O) groups excluding carboxylic acids is 1. The molecule has 0 aromatic rings. The molecule has 0 aliphatic heterocycles. The molecule has 0 spiro atoms. The normalized spacial score (nSPS) is 42.6. The minimum atomic E-state index is -0.670. The lowest BCUT2D eigenvalue weighted by atomic mass is 9.64. The summed E-state index contributed by atoms with van der Waals surface area (Å²) in [5.41, 5.74) is 2.99. The average molecular weight is 393 g/mol. The number of allylic oxidation sites excluding steroid dienone is 3. The van der Waals surface area contributed by atoms with Gasteiger partial charge in [-0.2, -0.15) is 0 Å². The maximum atomic E-state index is 11.4. The Bertz CT molecular complexity index is 667. The number of rotatable bonds is 3. The second-order valence-corrected chi connectivity index (χ2v) is 9.89. The quantitative estimate of drug-likeness (QED) is 0.686. The van der Waals surface area contributed by atoms with Crippen LogP contribution in [0.2, 0.25) is 0 Å². The standard InChI is InChI=1S/C22H32O4S/c1-13-16(9-17(24)10-20(13)25)7-6-15-5-4-8-22(3)18(15)11-21(26)19(22)12-27-14(2)23/h6-7,17-21,24-26H,1,4-5,8-12H2,2-3H3/t17-,18+,19+,20+,21+,22+/m1/s1. The molecule has 0 bridgehead atoms. The van der Waals surface area contributed by atoms with Gasteiger partial charge in [-0.05, 0) is 54.6 Å². The Morgan fingerprint density at radius 1 is 1.30 bits per heavy atom. The Kier molecular flexibility index (Phi) is 6.36. The first-order chi connectivity index (χ1) is 12.7. The van der Waals surface area contributed by atoms with Crippen LogP contribution in [0.1, 0.15) is 52.4 Å². The molecule has 0 unspecified atom stereocenters. The van der Waals surface area contributed by atoms with Gasteiger partial charge in [0, 0.05) is 25.0 Å². The van der Waals surface area contributed by atoms with Gasteiger partial charge < -0.3 is 15.3 Å². The van der Waals surface area contributed by atoms with Crippen molar-refractivity contribution in [3.05, 3.63) is 35.5 Å². The zero-order valence-corrected chi connectivity index (χ0v) is 17.2. The number of hydrogen-bond acceptors (Lipinski definition) is 5. The highest BCUT2D eigenvalue weighted by Crippen LogP contribution is 2.58. The molecule has 3 aliphatic carbocycles. The SMILES string of the molecule is C=C1C(=CC=C2CCC[C@@]3(C)[C@H]2C[C@H](O)[C@@H]3CSC(C)=O)C[C@@H](O)C[C@@H]1O. The topological polar surface area (TPSA) is 77.8 Å². The van der Waals surface area contributed by atoms with E-state index in [4.69, 9.17) is 0 Å². The van der Waals surface area contributed by atoms with Crippen molar-refractivity contribution in [3.8, 4) is 0 Å². The summed E-state index contributed by atoms with van der Waals surface area (Å²) in [7, 11) is 0. The lowest BCUT2D eigenvalue weighted by Crippen LogP contribution is -2.36. The van der Waals surface area contributed by atoms with Gasteiger partial charge in [-0.15, -0.1) is 0 Å². The summed E-state index contributed by atoms with van der Waals surface area (Å²) < 4.78 is 0. The van der Waals surface area contributed by atoms with Crippen molar-refractivity contribution in [1.29, 1.82) is 0 Å². The highest BCUT2D eigenvalue weighted by molar-refractivity contribution is 8.13. The molecule has 0 radical (unpaired) electrons. The van der Waals surface area contributed by atoms with E-state index in [0.29, 0.717) is 30.1 Å². The van der Waals surface area contributed by atoms with Crippen LogP contribution >= 0.6 is 11.8 Å². The Labute approximate surface area is 166 Å². The summed E-state index contributed by atoms with van der Waals surface area (Å²) in [5.74, 6) is 1.15. The first kappa shape index (κ1) is 20.8. The lowest BCUT2D eigenvalue weighted by molar-refractivity contribution is -0.109. The Morgan fingerprint density at radius 2 is 2.04 bits per heavy atom. The van der Waals surface area contributed by atoms with Gasteiger partial charge in [0.2, 0.25) is 0 Å². The first-order valence-electron chi connectivity index (χ1n) is 9.98. The Morgan fingerprint density at radius 3 is 2.74 bits per heavy atom. The van der Waals surface area contributed by atoms with Crippen LogP contribution in [0.5, 0.6) is 0 Å². The van der Waals surface area contributed by atoms with Crippen LogP contribution in [-0.2, 0) is 4.79 Å². The zero-order chi connectivity index (χ0) is 19.8. The van der Waals surface area contributed by atoms with Crippen LogP contribution in [0, 0.1) is 17.3 Å². The number of fused-ring (bicyclic) bond motifs is 1. The van der Waals surface area contributed by atoms with Crippen molar-refractivity contribution < 1.29 is 20.1 Å². The largest absolute Gasteiger partial charge is 0.393 e. The molecule has 3 aliphatic rings. The van der Waals surface area contributed by atoms with Gasteiger partial charge in [0.05, 0.1) is 18.3 Å². The second kappa shape index (κ2) is 8.24. The van der Waals surface area contributed by atoms with E-state index in [1.807, 2.05) is 6.08 Å². The van der Waals surface area contributed by atoms with Crippen LogP contribution in [0.15, 0.2) is 35.5 Å². The molecule has 0 aromatic carbocycles. The van der Waals surface area contributed by atoms with Crippen LogP contribution in [-0.4, -0.2) is 44.5 Å². The van der Waals surface area contributed by atoms with Crippen LogP contribution < -0.4 is 0 Å². The molecule has 6 atom stereocenters. The molecule has 3 saturated carbocycles. The van der Waals surface area contributed by atoms with E-state index in [1.165, 1.54) is 17.3 Å². The van der Waals surface area contributed by atoms with E-state index in [9.17, 15) is 20.1 Å². The average Bonchev–Trinajstić information content (AvgIpc) is 2.85. The predicted octanol–water partition coefficient (Wildman–Crippen LogP) is 3.38. The number of hydrogen-bond donors (Lipinski definition) is 3. The zero-order valence-electron chi connectivity index (χ0n) is 16.4. The third kappa shape index (κ3) is 4.26. The second-order valence-electron chi connectivity index (χ2n) is 8.69. The number of aliphatic hydroxyl groups excluding tert-OH is 3. The molecule has 0 amide bonds. The van der Waals surface area contributed by atoms with Gasteiger partial charge in [0.1, 0.15) is 0 Å². The maximum absolute atomic E-state index is 11.4. The molecular formula is C22H32O4S. The van der Waals surface area contributed by atoms with Crippen molar-refractivity contribution in [2.45, 2.75) is 70.7 Å². The van der Waals surface area contributed by atoms with Gasteiger partial charge in [-0.25, -0.2) is 0 Å². The van der Waals surface area contributed by atoms with Crippen LogP contribution in [0.4, 0.5) is 0 Å². The highest BCUT2D eigenvalue weighted by Gasteiger charge is 2.53. The molecule has 3 N–H and O–H groups in total. The number of thioether (sulfide) groups is 1. The van der Waals surface area contributed by atoms with E-state index >= 15 is 0 Å². The monoisotopic (exact) mass is 392 g/mol. The minimum absolute atomic E-state index is 0.0209. The summed E-state index contributed by atoms with van der Waals surface area (Å²) in [6.45, 7) is 7.84. The molecular weight excluding hydrogens is 360 g/mol. The Balaban J connectivity index is 1.81. The molecule has 0 heterocycles. The third-order valence-corrected chi connectivity index (χ3v) is 7.88. The van der Waals surface area contributed by atoms with Gasteiger partial charge in [0.25, 0.3) is 0 Å². The van der Waals surface area contributed by atoms with Crippen molar-refractivity contribution in [2.75, 3.05) is 5.75 Å². The van der Waals surface area contributed by atoms with Crippen molar-refractivity contribution >= 4 is 16.9 Å². The van der Waals surface area contributed by atoms with Gasteiger partial charge in [-0.1, -0.05) is 43.0 Å². The Hall–Kier alpha value is -0.880. The molecule has 27 heavy (non-hydrogen) atoms. The molecule has 150 valence electrons. The maximum Gasteiger partial charge on any atom is 0.185 e. The summed E-state index contributed by atoms with van der Waals surface area (Å²) in [4.78, 5) is 11.4. The highest BCUT2D eigenvalue weighted by atomic mass is 32.2. The van der Waals surface area contributed by atoms with Gasteiger partial charge >= 0.3 is 0 Å². The fourth-order valence-electron chi connectivity index (χ4n) is 5.33. The summed E-state index contributed by atoms with van der Waals surface area (Å²) >= 11 is 1.33. The molecule has 4 nitrogen and oxygen atoms in total. The summed E-state index contributed by atoms with van der Waals surface area (Å²) in [5, 5.41) is 30.8. The molecule has 0 aromatic heterocycles. The number of carbonyl (C=O) groups is 1. The van der Waals surface area contributed by atoms with E-state index in [2.05, 4.69) is 19.6 Å². The van der Waals surface area contributed by atoms with E-state index in [1.54, 1.807) is 6.92 Å².